The third-order valence-electron chi connectivity index (χ3n) is 2.01. The number of furan rings is 1. The number of nitrogens with zero attached hydrogens (tertiary/aromatic N) is 1. The third kappa shape index (κ3) is 2.17. The molecular formula is C12H9NO3. The molecule has 1 aromatic carbocycles. The van der Waals surface area contributed by atoms with Gasteiger partial charge in [-0.2, -0.15) is 4.74 Å². The first-order valence-electron chi connectivity index (χ1n) is 4.71. The van der Waals surface area contributed by atoms with E-state index in [0.29, 0.717) is 10.4 Å². The summed E-state index contributed by atoms with van der Waals surface area (Å²) in [4.78, 5) is 11.5. The second-order valence-corrected chi connectivity index (χ2v) is 3.13. The van der Waals surface area contributed by atoms with Crippen molar-refractivity contribution >= 4 is 17.7 Å². The number of para-hydroxylation sites is 1. The lowest BCUT2D eigenvalue weighted by Crippen LogP contribution is -2.07. The van der Waals surface area contributed by atoms with Crippen LogP contribution in [0.1, 0.15) is 10.6 Å². The molecule has 4 nitrogen and oxygen atoms in total. The Morgan fingerprint density at radius 1 is 1.19 bits per heavy atom. The summed E-state index contributed by atoms with van der Waals surface area (Å²) >= 11 is 0. The van der Waals surface area contributed by atoms with Crippen molar-refractivity contribution in [3.8, 4) is 0 Å². The second-order valence-electron chi connectivity index (χ2n) is 3.13. The molecule has 0 saturated heterocycles. The van der Waals surface area contributed by atoms with E-state index in [-0.39, 0.29) is 5.76 Å². The fourth-order valence-corrected chi connectivity index (χ4v) is 1.24. The lowest BCUT2D eigenvalue weighted by Gasteiger charge is -2.00. The monoisotopic (exact) mass is 215 g/mol. The molecule has 0 fully saturated rings. The van der Waals surface area contributed by atoms with Crippen molar-refractivity contribution in [2.24, 2.45) is 0 Å². The molecular weight excluding hydrogens is 206 g/mol. The topological polar surface area (TPSA) is 56.3 Å². The Labute approximate surface area is 92.0 Å². The van der Waals surface area contributed by atoms with Gasteiger partial charge >= 0.3 is 0 Å². The van der Waals surface area contributed by atoms with E-state index < -0.39 is 5.78 Å². The van der Waals surface area contributed by atoms with Crippen molar-refractivity contribution in [2.75, 3.05) is 0 Å². The molecule has 16 heavy (non-hydrogen) atoms. The molecule has 0 aliphatic rings. The normalized spacial score (nSPS) is 11.4. The Morgan fingerprint density at radius 2 is 1.94 bits per heavy atom. The van der Waals surface area contributed by atoms with E-state index in [2.05, 4.69) is 0 Å². The van der Waals surface area contributed by atoms with E-state index >= 15 is 0 Å². The Morgan fingerprint density at radius 3 is 2.56 bits per heavy atom. The summed E-state index contributed by atoms with van der Waals surface area (Å²) in [6.07, 6.45) is 2.34. The summed E-state index contributed by atoms with van der Waals surface area (Å²) in [5.74, 6) is -0.305. The number of carbonyl (C=O) groups is 1. The molecule has 0 amide bonds. The van der Waals surface area contributed by atoms with Crippen LogP contribution in [0.4, 0.5) is 5.69 Å². The predicted octanol–water partition coefficient (Wildman–Crippen LogP) is 2.38. The minimum Gasteiger partial charge on any atom is -0.618 e. The summed E-state index contributed by atoms with van der Waals surface area (Å²) in [7, 11) is 0. The average molecular weight is 215 g/mol. The first kappa shape index (κ1) is 10.2. The Bertz CT molecular complexity index is 500. The molecule has 0 radical (unpaired) electrons. The molecule has 0 atom stereocenters. The maximum absolute atomic E-state index is 11.5. The fraction of sp³-hybridized carbons (Fsp3) is 0. The van der Waals surface area contributed by atoms with Crippen molar-refractivity contribution < 1.29 is 14.0 Å². The van der Waals surface area contributed by atoms with Crippen LogP contribution in [0.3, 0.4) is 0 Å². The van der Waals surface area contributed by atoms with E-state index in [9.17, 15) is 10.0 Å². The highest BCUT2D eigenvalue weighted by Crippen LogP contribution is 2.08. The SMILES string of the molecule is O=C(/C=[N+](\[O-])c1ccccc1)c1ccco1. The minimum absolute atomic E-state index is 0.150. The van der Waals surface area contributed by atoms with Crippen LogP contribution in [0.5, 0.6) is 0 Å². The zero-order valence-corrected chi connectivity index (χ0v) is 8.37. The van der Waals surface area contributed by atoms with Crippen LogP contribution in [-0.2, 0) is 0 Å². The van der Waals surface area contributed by atoms with Crippen molar-refractivity contribution in [2.45, 2.75) is 0 Å². The van der Waals surface area contributed by atoms with E-state index in [1.165, 1.54) is 12.3 Å². The van der Waals surface area contributed by atoms with E-state index in [1.54, 1.807) is 36.4 Å². The Hall–Kier alpha value is -2.36. The lowest BCUT2D eigenvalue weighted by molar-refractivity contribution is -0.353. The number of carbonyl (C=O) groups excluding carboxylic acids is 1. The van der Waals surface area contributed by atoms with Crippen LogP contribution in [0.25, 0.3) is 0 Å². The van der Waals surface area contributed by atoms with Crippen LogP contribution in [0.15, 0.2) is 53.1 Å². The molecule has 0 bridgehead atoms. The minimum atomic E-state index is -0.455. The standard InChI is InChI=1S/C12H9NO3/c14-11(12-7-4-8-16-12)9-13(15)10-5-2-1-3-6-10/h1-9H/b13-9-. The van der Waals surface area contributed by atoms with Gasteiger partial charge in [0.05, 0.1) is 6.26 Å². The van der Waals surface area contributed by atoms with E-state index in [1.807, 2.05) is 0 Å². The maximum atomic E-state index is 11.5. The van der Waals surface area contributed by atoms with Crippen LogP contribution in [0.2, 0.25) is 0 Å². The van der Waals surface area contributed by atoms with Crippen LogP contribution >= 0.6 is 0 Å². The number of ketones is 1. The highest BCUT2D eigenvalue weighted by atomic mass is 16.5. The molecule has 0 N–H and O–H groups in total. The fourth-order valence-electron chi connectivity index (χ4n) is 1.24. The highest BCUT2D eigenvalue weighted by Gasteiger charge is 2.10. The molecule has 0 aliphatic carbocycles. The zero-order valence-electron chi connectivity index (χ0n) is 8.37. The van der Waals surface area contributed by atoms with Crippen molar-refractivity contribution in [3.05, 3.63) is 59.7 Å². The summed E-state index contributed by atoms with van der Waals surface area (Å²) in [5.41, 5.74) is 0.405. The van der Waals surface area contributed by atoms with Crippen LogP contribution in [-0.4, -0.2) is 16.7 Å². The third-order valence-corrected chi connectivity index (χ3v) is 2.01. The van der Waals surface area contributed by atoms with Gasteiger partial charge in [-0.15, -0.1) is 0 Å². The molecule has 1 aromatic heterocycles. The zero-order chi connectivity index (χ0) is 11.4. The quantitative estimate of drug-likeness (QED) is 0.259. The van der Waals surface area contributed by atoms with E-state index in [0.717, 1.165) is 6.21 Å². The first-order valence-corrected chi connectivity index (χ1v) is 4.71. The van der Waals surface area contributed by atoms with Gasteiger partial charge in [0.25, 0.3) is 5.78 Å². The van der Waals surface area contributed by atoms with Gasteiger partial charge in [-0.3, -0.25) is 4.79 Å². The van der Waals surface area contributed by atoms with Gasteiger partial charge in [0, 0.05) is 12.1 Å². The molecule has 2 rings (SSSR count). The average Bonchev–Trinajstić information content (AvgIpc) is 2.83. The molecule has 0 aliphatic heterocycles. The lowest BCUT2D eigenvalue weighted by atomic mass is 10.3. The van der Waals surface area contributed by atoms with Crippen LogP contribution in [0, 0.1) is 5.21 Å². The van der Waals surface area contributed by atoms with Crippen molar-refractivity contribution in [3.63, 3.8) is 0 Å². The van der Waals surface area contributed by atoms with Gasteiger partial charge in [-0.25, -0.2) is 0 Å². The highest BCUT2D eigenvalue weighted by molar-refractivity contribution is 6.32. The number of benzene rings is 1. The summed E-state index contributed by atoms with van der Waals surface area (Å²) in [6.45, 7) is 0. The largest absolute Gasteiger partial charge is 0.618 e. The second kappa shape index (κ2) is 4.44. The molecule has 0 spiro atoms. The molecule has 1 heterocycles. The van der Waals surface area contributed by atoms with Crippen LogP contribution < -0.4 is 0 Å². The van der Waals surface area contributed by atoms with Gasteiger partial charge in [-0.05, 0) is 12.1 Å². The number of hydrogen-bond donors (Lipinski definition) is 0. The molecule has 4 heteroatoms. The van der Waals surface area contributed by atoms with E-state index in [4.69, 9.17) is 4.42 Å². The maximum Gasteiger partial charge on any atom is 0.285 e. The molecule has 0 saturated carbocycles. The predicted molar refractivity (Wildman–Crippen MR) is 58.8 cm³/mol. The smallest absolute Gasteiger partial charge is 0.285 e. The summed E-state index contributed by atoms with van der Waals surface area (Å²) in [6, 6.07) is 11.6. The number of hydrogen-bond acceptors (Lipinski definition) is 3. The van der Waals surface area contributed by atoms with Gasteiger partial charge in [0.15, 0.2) is 5.76 Å². The Balaban J connectivity index is 2.23. The van der Waals surface area contributed by atoms with Gasteiger partial charge in [-0.1, -0.05) is 18.2 Å². The van der Waals surface area contributed by atoms with Crippen molar-refractivity contribution in [1.82, 2.24) is 0 Å². The van der Waals surface area contributed by atoms with Crippen molar-refractivity contribution in [1.29, 1.82) is 0 Å². The molecule has 80 valence electrons. The molecule has 0 unspecified atom stereocenters. The summed E-state index contributed by atoms with van der Waals surface area (Å²) in [5, 5.41) is 11.5. The van der Waals surface area contributed by atoms with Gasteiger partial charge in [0.1, 0.15) is 0 Å². The molecule has 2 aromatic rings. The van der Waals surface area contributed by atoms with Gasteiger partial charge < -0.3 is 9.62 Å². The summed E-state index contributed by atoms with van der Waals surface area (Å²) < 4.78 is 5.40. The Kier molecular flexibility index (Phi) is 2.82. The van der Waals surface area contributed by atoms with Gasteiger partial charge in [0.2, 0.25) is 11.9 Å². The number of Topliss-reactive ketones (excluding diaryl/α,β-unsaturated/α-hetero) is 1. The first-order chi connectivity index (χ1) is 7.77. The number of rotatable bonds is 3.